The number of aryl methyl sites for hydroxylation is 1. The third-order valence-electron chi connectivity index (χ3n) is 5.70. The van der Waals surface area contributed by atoms with Gasteiger partial charge in [0.25, 0.3) is 5.91 Å². The summed E-state index contributed by atoms with van der Waals surface area (Å²) < 4.78 is 1.72. The summed E-state index contributed by atoms with van der Waals surface area (Å²) in [5.74, 6) is -0.841. The Bertz CT molecular complexity index is 818. The summed E-state index contributed by atoms with van der Waals surface area (Å²) >= 11 is 0. The molecule has 0 radical (unpaired) electrons. The van der Waals surface area contributed by atoms with Crippen LogP contribution >= 0.6 is 0 Å². The van der Waals surface area contributed by atoms with E-state index in [1.165, 1.54) is 11.8 Å². The van der Waals surface area contributed by atoms with E-state index >= 15 is 0 Å². The molecule has 27 heavy (non-hydrogen) atoms. The first kappa shape index (κ1) is 17.6. The number of nitrogens with one attached hydrogen (secondary N) is 2. The normalized spacial score (nSPS) is 29.9. The van der Waals surface area contributed by atoms with Gasteiger partial charge in [0, 0.05) is 39.3 Å². The summed E-state index contributed by atoms with van der Waals surface area (Å²) in [7, 11) is 1.78. The Labute approximate surface area is 156 Å². The molecule has 9 nitrogen and oxygen atoms in total. The molecule has 0 aliphatic carbocycles. The Hall–Kier alpha value is -2.84. The number of aromatic nitrogens is 1. The molecule has 3 aliphatic rings. The van der Waals surface area contributed by atoms with Crippen LogP contribution in [-0.2, 0) is 21.4 Å². The fraction of sp³-hybridized carbons (Fsp3) is 0.556. The number of rotatable bonds is 2. The van der Waals surface area contributed by atoms with Gasteiger partial charge in [-0.1, -0.05) is 0 Å². The van der Waals surface area contributed by atoms with Gasteiger partial charge in [-0.05, 0) is 25.0 Å². The summed E-state index contributed by atoms with van der Waals surface area (Å²) in [5.41, 5.74) is 0.508. The lowest BCUT2D eigenvalue weighted by Gasteiger charge is -2.29. The number of likely N-dealkylation sites (tertiary alicyclic amines) is 1. The van der Waals surface area contributed by atoms with E-state index in [4.69, 9.17) is 0 Å². The molecule has 3 saturated heterocycles. The van der Waals surface area contributed by atoms with Crippen molar-refractivity contribution in [2.45, 2.75) is 43.9 Å². The van der Waals surface area contributed by atoms with Crippen molar-refractivity contribution in [2.24, 2.45) is 7.05 Å². The molecule has 0 spiro atoms. The van der Waals surface area contributed by atoms with Crippen LogP contribution in [0.15, 0.2) is 18.3 Å². The minimum Gasteiger partial charge on any atom is -0.352 e. The van der Waals surface area contributed by atoms with Crippen LogP contribution in [0.25, 0.3) is 0 Å². The predicted molar refractivity (Wildman–Crippen MR) is 94.5 cm³/mol. The van der Waals surface area contributed by atoms with Crippen LogP contribution < -0.4 is 10.6 Å². The lowest BCUT2D eigenvalue weighted by Crippen LogP contribution is -2.52. The second-order valence-electron chi connectivity index (χ2n) is 7.49. The number of carbonyl (C=O) groups excluding carboxylic acids is 4. The zero-order valence-electron chi connectivity index (χ0n) is 15.3. The average molecular weight is 373 g/mol. The highest BCUT2D eigenvalue weighted by Crippen LogP contribution is 2.30. The van der Waals surface area contributed by atoms with Gasteiger partial charge in [-0.25, -0.2) is 0 Å². The SMILES string of the molecule is CC(=O)N[C@H]1C[C@@H]2C(=O)N[C@H]3CCN(C(=O)c4cccn4C)[C@@H]3C(=O)N2C1. The zero-order chi connectivity index (χ0) is 19.3. The van der Waals surface area contributed by atoms with Crippen molar-refractivity contribution in [1.29, 1.82) is 0 Å². The van der Waals surface area contributed by atoms with Crippen LogP contribution in [-0.4, -0.2) is 75.3 Å². The fourth-order valence-corrected chi connectivity index (χ4v) is 4.48. The number of fused-ring (bicyclic) bond motifs is 2. The van der Waals surface area contributed by atoms with Crippen molar-refractivity contribution in [1.82, 2.24) is 25.0 Å². The van der Waals surface area contributed by atoms with Gasteiger partial charge in [0.1, 0.15) is 17.8 Å². The van der Waals surface area contributed by atoms with Gasteiger partial charge < -0.3 is 25.0 Å². The first-order valence-corrected chi connectivity index (χ1v) is 9.17. The van der Waals surface area contributed by atoms with Crippen molar-refractivity contribution < 1.29 is 19.2 Å². The standard InChI is InChI=1S/C18H23N5O4/c1-10(24)19-11-8-14-16(25)20-12-5-7-22(15(12)18(27)23(14)9-11)17(26)13-4-3-6-21(13)2/h3-4,6,11-12,14-15H,5,7-9H2,1-2H3,(H,19,24)(H,20,25)/t11-,12-,14+,15-/m0/s1. The maximum atomic E-state index is 13.3. The van der Waals surface area contributed by atoms with Crippen molar-refractivity contribution in [3.63, 3.8) is 0 Å². The Balaban J connectivity index is 1.60. The molecule has 9 heteroatoms. The van der Waals surface area contributed by atoms with E-state index in [1.807, 2.05) is 0 Å². The zero-order valence-corrected chi connectivity index (χ0v) is 15.3. The van der Waals surface area contributed by atoms with E-state index in [1.54, 1.807) is 34.8 Å². The van der Waals surface area contributed by atoms with Gasteiger partial charge in [-0.3, -0.25) is 19.2 Å². The highest BCUT2D eigenvalue weighted by molar-refractivity contribution is 6.00. The molecule has 4 atom stereocenters. The van der Waals surface area contributed by atoms with Gasteiger partial charge in [-0.15, -0.1) is 0 Å². The van der Waals surface area contributed by atoms with Crippen molar-refractivity contribution in [2.75, 3.05) is 13.1 Å². The summed E-state index contributed by atoms with van der Waals surface area (Å²) in [5, 5.41) is 5.73. The molecular formula is C18H23N5O4. The highest BCUT2D eigenvalue weighted by atomic mass is 16.2. The molecule has 4 heterocycles. The summed E-state index contributed by atoms with van der Waals surface area (Å²) in [4.78, 5) is 53.4. The first-order valence-electron chi connectivity index (χ1n) is 9.17. The van der Waals surface area contributed by atoms with Crippen LogP contribution in [0.5, 0.6) is 0 Å². The Morgan fingerprint density at radius 3 is 2.74 bits per heavy atom. The Morgan fingerprint density at radius 2 is 2.07 bits per heavy atom. The van der Waals surface area contributed by atoms with E-state index in [2.05, 4.69) is 10.6 Å². The average Bonchev–Trinajstić information content (AvgIpc) is 3.30. The van der Waals surface area contributed by atoms with Gasteiger partial charge in [0.15, 0.2) is 0 Å². The maximum absolute atomic E-state index is 13.3. The molecule has 4 rings (SSSR count). The quantitative estimate of drug-likeness (QED) is 0.683. The molecule has 0 aromatic carbocycles. The molecule has 144 valence electrons. The second kappa shape index (κ2) is 6.40. The van der Waals surface area contributed by atoms with E-state index in [0.29, 0.717) is 25.1 Å². The van der Waals surface area contributed by atoms with Gasteiger partial charge >= 0.3 is 0 Å². The molecule has 4 amide bonds. The van der Waals surface area contributed by atoms with Crippen LogP contribution in [0.1, 0.15) is 30.3 Å². The molecule has 0 saturated carbocycles. The van der Waals surface area contributed by atoms with Crippen LogP contribution in [0.3, 0.4) is 0 Å². The number of amides is 4. The number of hydrogen-bond acceptors (Lipinski definition) is 4. The molecule has 3 fully saturated rings. The summed E-state index contributed by atoms with van der Waals surface area (Å²) in [6.45, 7) is 2.11. The van der Waals surface area contributed by atoms with Gasteiger partial charge in [-0.2, -0.15) is 0 Å². The molecule has 1 aromatic rings. The monoisotopic (exact) mass is 373 g/mol. The first-order chi connectivity index (χ1) is 12.9. The highest BCUT2D eigenvalue weighted by Gasteiger charge is 2.52. The van der Waals surface area contributed by atoms with E-state index in [9.17, 15) is 19.2 Å². The third kappa shape index (κ3) is 2.87. The molecule has 2 N–H and O–H groups in total. The molecular weight excluding hydrogens is 350 g/mol. The van der Waals surface area contributed by atoms with E-state index < -0.39 is 12.1 Å². The van der Waals surface area contributed by atoms with Crippen LogP contribution in [0.4, 0.5) is 0 Å². The predicted octanol–water partition coefficient (Wildman–Crippen LogP) is -1.16. The Kier molecular flexibility index (Phi) is 4.16. The number of nitrogens with zero attached hydrogens (tertiary/aromatic N) is 3. The minimum atomic E-state index is -0.711. The minimum absolute atomic E-state index is 0.190. The van der Waals surface area contributed by atoms with Gasteiger partial charge in [0.2, 0.25) is 17.7 Å². The van der Waals surface area contributed by atoms with E-state index in [-0.39, 0.29) is 42.3 Å². The summed E-state index contributed by atoms with van der Waals surface area (Å²) in [6, 6.07) is 1.56. The van der Waals surface area contributed by atoms with Gasteiger partial charge in [0.05, 0.1) is 6.04 Å². The lowest BCUT2D eigenvalue weighted by atomic mass is 10.1. The second-order valence-corrected chi connectivity index (χ2v) is 7.49. The summed E-state index contributed by atoms with van der Waals surface area (Å²) in [6.07, 6.45) is 2.72. The van der Waals surface area contributed by atoms with E-state index in [0.717, 1.165) is 0 Å². The third-order valence-corrected chi connectivity index (χ3v) is 5.70. The van der Waals surface area contributed by atoms with Crippen LogP contribution in [0.2, 0.25) is 0 Å². The van der Waals surface area contributed by atoms with Crippen molar-refractivity contribution >= 4 is 23.6 Å². The van der Waals surface area contributed by atoms with Crippen molar-refractivity contribution in [3.8, 4) is 0 Å². The largest absolute Gasteiger partial charge is 0.352 e. The number of carbonyl (C=O) groups is 4. The van der Waals surface area contributed by atoms with Crippen molar-refractivity contribution in [3.05, 3.63) is 24.0 Å². The van der Waals surface area contributed by atoms with Crippen LogP contribution in [0, 0.1) is 0 Å². The smallest absolute Gasteiger partial charge is 0.271 e. The molecule has 0 bridgehead atoms. The maximum Gasteiger partial charge on any atom is 0.271 e. The Morgan fingerprint density at radius 1 is 1.30 bits per heavy atom. The lowest BCUT2D eigenvalue weighted by molar-refractivity contribution is -0.138. The molecule has 1 aromatic heterocycles. The number of hydrogen-bond donors (Lipinski definition) is 2. The molecule has 0 unspecified atom stereocenters. The fourth-order valence-electron chi connectivity index (χ4n) is 4.48. The topological polar surface area (TPSA) is 104 Å². The molecule has 3 aliphatic heterocycles.